The van der Waals surface area contributed by atoms with E-state index in [9.17, 15) is 4.79 Å². The van der Waals surface area contributed by atoms with E-state index >= 15 is 0 Å². The molecule has 1 aliphatic rings. The van der Waals surface area contributed by atoms with Crippen LogP contribution in [-0.2, 0) is 4.79 Å². The number of nitriles is 1. The molecule has 0 bridgehead atoms. The molecule has 1 N–H and O–H groups in total. The summed E-state index contributed by atoms with van der Waals surface area (Å²) >= 11 is 0. The van der Waals surface area contributed by atoms with Crippen LogP contribution in [0.2, 0.25) is 0 Å². The zero-order valence-corrected chi connectivity index (χ0v) is 12.6. The van der Waals surface area contributed by atoms with Gasteiger partial charge in [0.05, 0.1) is 17.8 Å². The first-order valence-corrected chi connectivity index (χ1v) is 7.70. The molecule has 1 aromatic rings. The maximum absolute atomic E-state index is 12.2. The highest BCUT2D eigenvalue weighted by Gasteiger charge is 2.16. The molecule has 1 aromatic carbocycles. The highest BCUT2D eigenvalue weighted by Crippen LogP contribution is 2.19. The minimum absolute atomic E-state index is 0.0390. The van der Waals surface area contributed by atoms with Crippen molar-refractivity contribution in [3.8, 4) is 6.07 Å². The van der Waals surface area contributed by atoms with Crippen molar-refractivity contribution < 1.29 is 4.79 Å². The predicted octanol–water partition coefficient (Wildman–Crippen LogP) is 2.83. The second-order valence-corrected chi connectivity index (χ2v) is 5.74. The van der Waals surface area contributed by atoms with Gasteiger partial charge in [-0.3, -0.25) is 4.79 Å². The van der Waals surface area contributed by atoms with E-state index in [0.717, 1.165) is 18.5 Å². The van der Waals surface area contributed by atoms with Crippen molar-refractivity contribution in [1.29, 1.82) is 5.26 Å². The van der Waals surface area contributed by atoms with Gasteiger partial charge in [0, 0.05) is 13.1 Å². The van der Waals surface area contributed by atoms with Gasteiger partial charge in [-0.2, -0.15) is 5.26 Å². The summed E-state index contributed by atoms with van der Waals surface area (Å²) < 4.78 is 0. The molecule has 112 valence electrons. The Labute approximate surface area is 126 Å². The van der Waals surface area contributed by atoms with Crippen molar-refractivity contribution in [2.45, 2.75) is 44.6 Å². The van der Waals surface area contributed by atoms with Crippen LogP contribution in [0.15, 0.2) is 24.3 Å². The van der Waals surface area contributed by atoms with E-state index in [1.165, 1.54) is 25.7 Å². The molecule has 1 fully saturated rings. The van der Waals surface area contributed by atoms with E-state index in [-0.39, 0.29) is 12.5 Å². The average Bonchev–Trinajstić information content (AvgIpc) is 2.75. The Morgan fingerprint density at radius 3 is 2.62 bits per heavy atom. The molecule has 0 unspecified atom stereocenters. The Bertz CT molecular complexity index is 513. The standard InChI is InChI=1S/C17H23N3O/c1-20(16-11-7-6-8-14(16)12-18)13-17(21)19-15-9-4-2-3-5-10-15/h6-8,11,15H,2-5,9-10,13H2,1H3,(H,19,21). The number of hydrogen-bond acceptors (Lipinski definition) is 3. The molecule has 0 atom stereocenters. The number of anilines is 1. The third kappa shape index (κ3) is 4.49. The number of nitrogens with one attached hydrogen (secondary N) is 1. The quantitative estimate of drug-likeness (QED) is 0.865. The Kier molecular flexibility index (Phi) is 5.62. The van der Waals surface area contributed by atoms with E-state index in [4.69, 9.17) is 5.26 Å². The number of para-hydroxylation sites is 1. The maximum Gasteiger partial charge on any atom is 0.239 e. The average molecular weight is 285 g/mol. The van der Waals surface area contributed by atoms with Gasteiger partial charge in [-0.1, -0.05) is 37.8 Å². The van der Waals surface area contributed by atoms with E-state index in [0.29, 0.717) is 11.6 Å². The molecule has 21 heavy (non-hydrogen) atoms. The number of hydrogen-bond donors (Lipinski definition) is 1. The number of carbonyl (C=O) groups excluding carboxylic acids is 1. The van der Waals surface area contributed by atoms with Crippen LogP contribution in [0.1, 0.15) is 44.1 Å². The predicted molar refractivity (Wildman–Crippen MR) is 84.1 cm³/mol. The monoisotopic (exact) mass is 285 g/mol. The Morgan fingerprint density at radius 2 is 1.95 bits per heavy atom. The van der Waals surface area contributed by atoms with Gasteiger partial charge in [-0.25, -0.2) is 0 Å². The summed E-state index contributed by atoms with van der Waals surface area (Å²) in [6.07, 6.45) is 7.15. The number of rotatable bonds is 4. The van der Waals surface area contributed by atoms with Gasteiger partial charge in [0.2, 0.25) is 5.91 Å². The second-order valence-electron chi connectivity index (χ2n) is 5.74. The lowest BCUT2D eigenvalue weighted by Crippen LogP contribution is -2.41. The van der Waals surface area contributed by atoms with Crippen molar-refractivity contribution >= 4 is 11.6 Å². The minimum Gasteiger partial charge on any atom is -0.364 e. The molecular weight excluding hydrogens is 262 g/mol. The van der Waals surface area contributed by atoms with Crippen molar-refractivity contribution in [2.24, 2.45) is 0 Å². The number of benzene rings is 1. The zero-order chi connectivity index (χ0) is 15.1. The topological polar surface area (TPSA) is 56.1 Å². The fourth-order valence-corrected chi connectivity index (χ4v) is 2.90. The fraction of sp³-hybridized carbons (Fsp3) is 0.529. The highest BCUT2D eigenvalue weighted by atomic mass is 16.2. The first-order chi connectivity index (χ1) is 10.2. The first kappa shape index (κ1) is 15.4. The van der Waals surface area contributed by atoms with Crippen molar-refractivity contribution in [3.63, 3.8) is 0 Å². The molecule has 1 amide bonds. The van der Waals surface area contributed by atoms with Gasteiger partial charge in [-0.15, -0.1) is 0 Å². The lowest BCUT2D eigenvalue weighted by atomic mass is 10.1. The molecule has 0 heterocycles. The number of likely N-dealkylation sites (N-methyl/N-ethyl adjacent to an activating group) is 1. The molecule has 0 aliphatic heterocycles. The summed E-state index contributed by atoms with van der Waals surface area (Å²) in [5.74, 6) is 0.0390. The molecule has 0 spiro atoms. The third-order valence-corrected chi connectivity index (χ3v) is 4.04. The van der Waals surface area contributed by atoms with E-state index in [2.05, 4.69) is 11.4 Å². The van der Waals surface area contributed by atoms with E-state index in [1.807, 2.05) is 30.1 Å². The maximum atomic E-state index is 12.2. The molecule has 4 nitrogen and oxygen atoms in total. The van der Waals surface area contributed by atoms with Crippen LogP contribution in [-0.4, -0.2) is 25.5 Å². The molecule has 0 radical (unpaired) electrons. The van der Waals surface area contributed by atoms with E-state index in [1.54, 1.807) is 6.07 Å². The van der Waals surface area contributed by atoms with Crippen molar-refractivity contribution in [1.82, 2.24) is 5.32 Å². The van der Waals surface area contributed by atoms with Crippen LogP contribution in [0.3, 0.4) is 0 Å². The SMILES string of the molecule is CN(CC(=O)NC1CCCCCC1)c1ccccc1C#N. The van der Waals surface area contributed by atoms with Crippen LogP contribution in [0.25, 0.3) is 0 Å². The molecular formula is C17H23N3O. The molecule has 1 aliphatic carbocycles. The van der Waals surface area contributed by atoms with Gasteiger partial charge in [-0.05, 0) is 25.0 Å². The third-order valence-electron chi connectivity index (χ3n) is 4.04. The van der Waals surface area contributed by atoms with Gasteiger partial charge < -0.3 is 10.2 Å². The van der Waals surface area contributed by atoms with Crippen molar-refractivity contribution in [2.75, 3.05) is 18.5 Å². The van der Waals surface area contributed by atoms with Gasteiger partial charge in [0.1, 0.15) is 6.07 Å². The van der Waals surface area contributed by atoms with Crippen LogP contribution < -0.4 is 10.2 Å². The largest absolute Gasteiger partial charge is 0.364 e. The molecule has 0 saturated heterocycles. The zero-order valence-electron chi connectivity index (χ0n) is 12.6. The summed E-state index contributed by atoms with van der Waals surface area (Å²) in [6, 6.07) is 9.85. The van der Waals surface area contributed by atoms with Gasteiger partial charge >= 0.3 is 0 Å². The summed E-state index contributed by atoms with van der Waals surface area (Å²) in [5.41, 5.74) is 1.40. The number of nitrogens with zero attached hydrogens (tertiary/aromatic N) is 2. The number of amides is 1. The summed E-state index contributed by atoms with van der Waals surface area (Å²) in [7, 11) is 1.85. The minimum atomic E-state index is 0.0390. The first-order valence-electron chi connectivity index (χ1n) is 7.70. The van der Waals surface area contributed by atoms with E-state index < -0.39 is 0 Å². The Morgan fingerprint density at radius 1 is 1.29 bits per heavy atom. The van der Waals surface area contributed by atoms with Gasteiger partial charge in [0.15, 0.2) is 0 Å². The smallest absolute Gasteiger partial charge is 0.239 e. The van der Waals surface area contributed by atoms with Crippen molar-refractivity contribution in [3.05, 3.63) is 29.8 Å². The lowest BCUT2D eigenvalue weighted by molar-refractivity contribution is -0.120. The summed E-state index contributed by atoms with van der Waals surface area (Å²) in [4.78, 5) is 14.0. The van der Waals surface area contributed by atoms with Crippen LogP contribution in [0, 0.1) is 11.3 Å². The fourth-order valence-electron chi connectivity index (χ4n) is 2.90. The summed E-state index contributed by atoms with van der Waals surface area (Å²) in [6.45, 7) is 0.287. The Hall–Kier alpha value is -2.02. The molecule has 2 rings (SSSR count). The second kappa shape index (κ2) is 7.68. The van der Waals surface area contributed by atoms with Crippen LogP contribution in [0.4, 0.5) is 5.69 Å². The highest BCUT2D eigenvalue weighted by molar-refractivity contribution is 5.82. The Balaban J connectivity index is 1.91. The molecule has 0 aromatic heterocycles. The number of carbonyl (C=O) groups is 1. The lowest BCUT2D eigenvalue weighted by Gasteiger charge is -2.22. The molecule has 4 heteroatoms. The molecule has 1 saturated carbocycles. The van der Waals surface area contributed by atoms with Gasteiger partial charge in [0.25, 0.3) is 0 Å². The van der Waals surface area contributed by atoms with Crippen LogP contribution >= 0.6 is 0 Å². The summed E-state index contributed by atoms with van der Waals surface area (Å²) in [5, 5.41) is 12.3. The van der Waals surface area contributed by atoms with Crippen LogP contribution in [0.5, 0.6) is 0 Å². The normalized spacial score (nSPS) is 15.8.